The standard InChI is InChI=1S/C14H29N3O2/c1-12(18)6-5-10-17-11-8-14(19)13(15)7-3-4-9-16-2/h13,16-17H,3-11,15H2,1-2H3/t13-/m0/s1. The van der Waals surface area contributed by atoms with Crippen molar-refractivity contribution in [2.24, 2.45) is 5.73 Å². The van der Waals surface area contributed by atoms with Crippen molar-refractivity contribution >= 4 is 11.6 Å². The molecular formula is C14H29N3O2. The second-order valence-corrected chi connectivity index (χ2v) is 4.98. The first kappa shape index (κ1) is 18.2. The van der Waals surface area contributed by atoms with Crippen molar-refractivity contribution in [1.82, 2.24) is 10.6 Å². The summed E-state index contributed by atoms with van der Waals surface area (Å²) in [6, 6.07) is -0.323. The van der Waals surface area contributed by atoms with Crippen LogP contribution in [0.2, 0.25) is 0 Å². The van der Waals surface area contributed by atoms with Gasteiger partial charge in [-0.1, -0.05) is 6.42 Å². The van der Waals surface area contributed by atoms with Crippen molar-refractivity contribution in [3.63, 3.8) is 0 Å². The first-order chi connectivity index (χ1) is 9.07. The minimum absolute atomic E-state index is 0.128. The molecule has 0 radical (unpaired) electrons. The first-order valence-electron chi connectivity index (χ1n) is 7.21. The van der Waals surface area contributed by atoms with Crippen LogP contribution in [0, 0.1) is 0 Å². The number of ketones is 2. The number of carbonyl (C=O) groups is 2. The largest absolute Gasteiger partial charge is 0.322 e. The Kier molecular flexibility index (Phi) is 11.8. The Bertz CT molecular complexity index is 257. The van der Waals surface area contributed by atoms with E-state index in [1.165, 1.54) is 0 Å². The van der Waals surface area contributed by atoms with Crippen molar-refractivity contribution in [3.8, 4) is 0 Å². The Labute approximate surface area is 116 Å². The molecule has 112 valence electrons. The summed E-state index contributed by atoms with van der Waals surface area (Å²) in [5.41, 5.74) is 5.84. The molecule has 0 bridgehead atoms. The fraction of sp³-hybridized carbons (Fsp3) is 0.857. The van der Waals surface area contributed by atoms with Gasteiger partial charge in [0.25, 0.3) is 0 Å². The van der Waals surface area contributed by atoms with E-state index < -0.39 is 0 Å². The molecule has 5 heteroatoms. The Morgan fingerprint density at radius 3 is 2.42 bits per heavy atom. The van der Waals surface area contributed by atoms with E-state index in [4.69, 9.17) is 5.73 Å². The van der Waals surface area contributed by atoms with Crippen LogP contribution in [0.4, 0.5) is 0 Å². The SMILES string of the molecule is CNCCCC[C@H](N)C(=O)CCNCCCC(C)=O. The zero-order chi connectivity index (χ0) is 14.5. The molecule has 0 aliphatic heterocycles. The number of carbonyl (C=O) groups excluding carboxylic acids is 2. The molecule has 0 aromatic rings. The van der Waals surface area contributed by atoms with Crippen LogP contribution in [-0.2, 0) is 9.59 Å². The highest BCUT2D eigenvalue weighted by molar-refractivity contribution is 5.83. The van der Waals surface area contributed by atoms with Crippen LogP contribution in [0.1, 0.15) is 45.4 Å². The average molecular weight is 271 g/mol. The van der Waals surface area contributed by atoms with E-state index in [0.29, 0.717) is 19.4 Å². The smallest absolute Gasteiger partial charge is 0.150 e. The van der Waals surface area contributed by atoms with Crippen LogP contribution < -0.4 is 16.4 Å². The van der Waals surface area contributed by atoms with Gasteiger partial charge in [0.1, 0.15) is 5.78 Å². The van der Waals surface area contributed by atoms with Gasteiger partial charge in [0, 0.05) is 19.4 Å². The Morgan fingerprint density at radius 1 is 1.05 bits per heavy atom. The molecule has 0 amide bonds. The van der Waals surface area contributed by atoms with Gasteiger partial charge in [0.15, 0.2) is 5.78 Å². The van der Waals surface area contributed by atoms with Crippen LogP contribution in [0.3, 0.4) is 0 Å². The lowest BCUT2D eigenvalue weighted by atomic mass is 10.0. The quantitative estimate of drug-likeness (QED) is 0.428. The summed E-state index contributed by atoms with van der Waals surface area (Å²) in [4.78, 5) is 22.4. The number of Topliss-reactive ketones (excluding diaryl/α,β-unsaturated/α-hetero) is 2. The van der Waals surface area contributed by atoms with Crippen molar-refractivity contribution < 1.29 is 9.59 Å². The van der Waals surface area contributed by atoms with Gasteiger partial charge in [-0.2, -0.15) is 0 Å². The maximum Gasteiger partial charge on any atom is 0.150 e. The molecule has 1 atom stereocenters. The predicted molar refractivity (Wildman–Crippen MR) is 78.2 cm³/mol. The third-order valence-electron chi connectivity index (χ3n) is 3.04. The van der Waals surface area contributed by atoms with Gasteiger partial charge >= 0.3 is 0 Å². The molecule has 0 rings (SSSR count). The molecule has 0 unspecified atom stereocenters. The van der Waals surface area contributed by atoms with Crippen LogP contribution in [0.15, 0.2) is 0 Å². The van der Waals surface area contributed by atoms with Crippen molar-refractivity contribution in [1.29, 1.82) is 0 Å². The maximum absolute atomic E-state index is 11.7. The van der Waals surface area contributed by atoms with E-state index in [0.717, 1.165) is 38.8 Å². The summed E-state index contributed by atoms with van der Waals surface area (Å²) in [5, 5.41) is 6.24. The van der Waals surface area contributed by atoms with Crippen molar-refractivity contribution in [2.75, 3.05) is 26.7 Å². The lowest BCUT2D eigenvalue weighted by Gasteiger charge is -2.10. The summed E-state index contributed by atoms with van der Waals surface area (Å²) in [7, 11) is 1.92. The topological polar surface area (TPSA) is 84.2 Å². The Hall–Kier alpha value is -0.780. The van der Waals surface area contributed by atoms with Crippen molar-refractivity contribution in [2.45, 2.75) is 51.5 Å². The van der Waals surface area contributed by atoms with Crippen LogP contribution in [-0.4, -0.2) is 44.3 Å². The van der Waals surface area contributed by atoms with E-state index in [-0.39, 0.29) is 17.6 Å². The fourth-order valence-corrected chi connectivity index (χ4v) is 1.81. The fourth-order valence-electron chi connectivity index (χ4n) is 1.81. The zero-order valence-electron chi connectivity index (χ0n) is 12.3. The molecule has 4 N–H and O–H groups in total. The van der Waals surface area contributed by atoms with Gasteiger partial charge in [0.05, 0.1) is 6.04 Å². The molecular weight excluding hydrogens is 242 g/mol. The molecule has 0 aliphatic carbocycles. The zero-order valence-corrected chi connectivity index (χ0v) is 12.3. The number of unbranched alkanes of at least 4 members (excludes halogenated alkanes) is 1. The normalized spacial score (nSPS) is 12.4. The Morgan fingerprint density at radius 2 is 1.79 bits per heavy atom. The molecule has 5 nitrogen and oxygen atoms in total. The van der Waals surface area contributed by atoms with Gasteiger partial charge in [-0.15, -0.1) is 0 Å². The number of hydrogen-bond donors (Lipinski definition) is 3. The molecule has 0 saturated carbocycles. The van der Waals surface area contributed by atoms with Crippen LogP contribution >= 0.6 is 0 Å². The second kappa shape index (κ2) is 12.3. The molecule has 0 aromatic carbocycles. The minimum Gasteiger partial charge on any atom is -0.322 e. The summed E-state index contributed by atoms with van der Waals surface area (Å²) in [5.74, 6) is 0.338. The predicted octanol–water partition coefficient (Wildman–Crippen LogP) is 0.621. The third kappa shape index (κ3) is 12.0. The van der Waals surface area contributed by atoms with Crippen LogP contribution in [0.5, 0.6) is 0 Å². The van der Waals surface area contributed by atoms with Crippen LogP contribution in [0.25, 0.3) is 0 Å². The third-order valence-corrected chi connectivity index (χ3v) is 3.04. The highest BCUT2D eigenvalue weighted by atomic mass is 16.1. The minimum atomic E-state index is -0.323. The molecule has 0 saturated heterocycles. The average Bonchev–Trinajstić information content (AvgIpc) is 2.37. The summed E-state index contributed by atoms with van der Waals surface area (Å²) < 4.78 is 0. The number of hydrogen-bond acceptors (Lipinski definition) is 5. The summed E-state index contributed by atoms with van der Waals surface area (Å²) in [6.07, 6.45) is 4.73. The number of rotatable bonds is 13. The van der Waals surface area contributed by atoms with E-state index in [1.54, 1.807) is 6.92 Å². The van der Waals surface area contributed by atoms with E-state index in [2.05, 4.69) is 10.6 Å². The Balaban J connectivity index is 3.43. The number of nitrogens with one attached hydrogen (secondary N) is 2. The maximum atomic E-state index is 11.7. The monoisotopic (exact) mass is 271 g/mol. The van der Waals surface area contributed by atoms with Crippen molar-refractivity contribution in [3.05, 3.63) is 0 Å². The number of nitrogens with two attached hydrogens (primary N) is 1. The summed E-state index contributed by atoms with van der Waals surface area (Å²) >= 11 is 0. The second-order valence-electron chi connectivity index (χ2n) is 4.98. The molecule has 0 aliphatic rings. The molecule has 19 heavy (non-hydrogen) atoms. The highest BCUT2D eigenvalue weighted by Crippen LogP contribution is 2.01. The lowest BCUT2D eigenvalue weighted by molar-refractivity contribution is -0.120. The van der Waals surface area contributed by atoms with E-state index in [1.807, 2.05) is 7.05 Å². The summed E-state index contributed by atoms with van der Waals surface area (Å²) in [6.45, 7) is 4.00. The molecule has 0 fully saturated rings. The van der Waals surface area contributed by atoms with E-state index >= 15 is 0 Å². The van der Waals surface area contributed by atoms with Gasteiger partial charge in [0.2, 0.25) is 0 Å². The molecule has 0 aromatic heterocycles. The van der Waals surface area contributed by atoms with Gasteiger partial charge in [-0.05, 0) is 46.3 Å². The molecule has 0 heterocycles. The van der Waals surface area contributed by atoms with Gasteiger partial charge in [-0.3, -0.25) is 4.79 Å². The first-order valence-corrected chi connectivity index (χ1v) is 7.21. The highest BCUT2D eigenvalue weighted by Gasteiger charge is 2.12. The van der Waals surface area contributed by atoms with Gasteiger partial charge in [-0.25, -0.2) is 0 Å². The lowest BCUT2D eigenvalue weighted by Crippen LogP contribution is -2.33. The van der Waals surface area contributed by atoms with E-state index in [9.17, 15) is 9.59 Å². The van der Waals surface area contributed by atoms with Gasteiger partial charge < -0.3 is 21.2 Å². The molecule has 0 spiro atoms.